The molecule has 4 rings (SSSR count). The van der Waals surface area contributed by atoms with Gasteiger partial charge in [0, 0.05) is 12.2 Å². The van der Waals surface area contributed by atoms with Crippen LogP contribution in [0.15, 0.2) is 48.5 Å². The second-order valence-electron chi connectivity index (χ2n) is 6.69. The summed E-state index contributed by atoms with van der Waals surface area (Å²) in [4.78, 5) is 20.7. The van der Waals surface area contributed by atoms with Crippen molar-refractivity contribution < 1.29 is 9.69 Å². The number of carbonyl (C=O) groups excluding carboxylic acids is 1. The summed E-state index contributed by atoms with van der Waals surface area (Å²) in [6.07, 6.45) is 0.953. The lowest BCUT2D eigenvalue weighted by atomic mass is 10.2. The normalized spacial score (nSPS) is 16.0. The number of rotatable bonds is 4. The Morgan fingerprint density at radius 2 is 2.00 bits per heavy atom. The topological polar surface area (TPSA) is 37.6 Å². The van der Waals surface area contributed by atoms with Crippen LogP contribution in [-0.2, 0) is 11.2 Å². The molecular weight excluding hydrogens is 330 g/mol. The van der Waals surface area contributed by atoms with Gasteiger partial charge in [-0.25, -0.2) is 4.98 Å². The van der Waals surface area contributed by atoms with Crippen LogP contribution in [0.1, 0.15) is 23.5 Å². The number of aromatic nitrogens is 1. The highest BCUT2D eigenvalue weighted by Crippen LogP contribution is 2.27. The molecule has 1 aliphatic heterocycles. The van der Waals surface area contributed by atoms with E-state index < -0.39 is 0 Å². The molecule has 1 unspecified atom stereocenters. The number of nitrogens with one attached hydrogen (secondary N) is 1. The number of carbonyl (C=O) groups is 1. The lowest BCUT2D eigenvalue weighted by Crippen LogP contribution is -3.10. The van der Waals surface area contributed by atoms with E-state index in [9.17, 15) is 4.79 Å². The van der Waals surface area contributed by atoms with Crippen molar-refractivity contribution >= 4 is 33.1 Å². The van der Waals surface area contributed by atoms with Gasteiger partial charge in [0.1, 0.15) is 6.04 Å². The SMILES string of the molecule is C[C@@H](c1nc2ccccc2s1)[NH+](C)CC(=O)N1CCc2ccccc21. The molecule has 1 aliphatic rings. The van der Waals surface area contributed by atoms with Gasteiger partial charge >= 0.3 is 0 Å². The predicted molar refractivity (Wildman–Crippen MR) is 102 cm³/mol. The fraction of sp³-hybridized carbons (Fsp3) is 0.300. The summed E-state index contributed by atoms with van der Waals surface area (Å²) in [7, 11) is 2.08. The van der Waals surface area contributed by atoms with Crippen molar-refractivity contribution in [3.8, 4) is 0 Å². The first-order chi connectivity index (χ1) is 12.1. The van der Waals surface area contributed by atoms with Gasteiger partial charge in [0.25, 0.3) is 5.91 Å². The second kappa shape index (κ2) is 6.58. The van der Waals surface area contributed by atoms with E-state index in [2.05, 4.69) is 26.1 Å². The third-order valence-corrected chi connectivity index (χ3v) is 6.26. The third kappa shape index (κ3) is 3.05. The molecular formula is C20H22N3OS+. The summed E-state index contributed by atoms with van der Waals surface area (Å²) in [6.45, 7) is 3.42. The Kier molecular flexibility index (Phi) is 4.27. The van der Waals surface area contributed by atoms with E-state index in [0.29, 0.717) is 6.54 Å². The van der Waals surface area contributed by atoms with Gasteiger partial charge in [0.15, 0.2) is 11.6 Å². The molecule has 0 saturated heterocycles. The molecule has 0 spiro atoms. The van der Waals surface area contributed by atoms with E-state index in [1.807, 2.05) is 41.3 Å². The zero-order chi connectivity index (χ0) is 17.4. The fourth-order valence-electron chi connectivity index (χ4n) is 3.37. The van der Waals surface area contributed by atoms with Crippen molar-refractivity contribution in [2.24, 2.45) is 0 Å². The minimum atomic E-state index is 0.190. The number of para-hydroxylation sites is 2. The first-order valence-corrected chi connectivity index (χ1v) is 9.51. The summed E-state index contributed by atoms with van der Waals surface area (Å²) < 4.78 is 1.21. The molecule has 0 aliphatic carbocycles. The van der Waals surface area contributed by atoms with Gasteiger partial charge in [-0.1, -0.05) is 30.3 Å². The molecule has 5 heteroatoms. The first-order valence-electron chi connectivity index (χ1n) is 8.69. The average molecular weight is 352 g/mol. The Hall–Kier alpha value is -2.24. The summed E-state index contributed by atoms with van der Waals surface area (Å²) >= 11 is 1.72. The van der Waals surface area contributed by atoms with Gasteiger partial charge in [-0.15, -0.1) is 11.3 Å². The van der Waals surface area contributed by atoms with E-state index in [1.165, 1.54) is 15.2 Å². The number of hydrogen-bond acceptors (Lipinski definition) is 3. The van der Waals surface area contributed by atoms with Gasteiger partial charge < -0.3 is 9.80 Å². The van der Waals surface area contributed by atoms with Crippen molar-refractivity contribution in [3.63, 3.8) is 0 Å². The van der Waals surface area contributed by atoms with E-state index in [-0.39, 0.29) is 11.9 Å². The van der Waals surface area contributed by atoms with Gasteiger partial charge in [0.2, 0.25) is 0 Å². The number of benzene rings is 2. The number of fused-ring (bicyclic) bond motifs is 2. The van der Waals surface area contributed by atoms with E-state index in [1.54, 1.807) is 11.3 Å². The summed E-state index contributed by atoms with van der Waals surface area (Å²) in [6, 6.07) is 16.6. The standard InChI is InChI=1S/C20H21N3OS/c1-14(20-21-16-8-4-6-10-18(16)25-20)22(2)13-19(24)23-12-11-15-7-3-5-9-17(15)23/h3-10,14H,11-13H2,1-2H3/p+1/t14-/m0/s1. The zero-order valence-electron chi connectivity index (χ0n) is 14.5. The van der Waals surface area contributed by atoms with Crippen LogP contribution in [-0.4, -0.2) is 31.0 Å². The van der Waals surface area contributed by atoms with Crippen molar-refractivity contribution in [2.45, 2.75) is 19.4 Å². The van der Waals surface area contributed by atoms with E-state index in [4.69, 9.17) is 4.98 Å². The molecule has 128 valence electrons. The molecule has 1 aromatic heterocycles. The molecule has 1 amide bonds. The van der Waals surface area contributed by atoms with Gasteiger partial charge in [-0.2, -0.15) is 0 Å². The maximum absolute atomic E-state index is 12.8. The number of anilines is 1. The lowest BCUT2D eigenvalue weighted by molar-refractivity contribution is -0.902. The zero-order valence-corrected chi connectivity index (χ0v) is 15.3. The number of amides is 1. The minimum absolute atomic E-state index is 0.190. The van der Waals surface area contributed by atoms with Crippen molar-refractivity contribution in [2.75, 3.05) is 25.0 Å². The van der Waals surface area contributed by atoms with Crippen LogP contribution < -0.4 is 9.80 Å². The largest absolute Gasteiger partial charge is 0.322 e. The highest BCUT2D eigenvalue weighted by atomic mass is 32.1. The Morgan fingerprint density at radius 1 is 1.24 bits per heavy atom. The Balaban J connectivity index is 1.48. The smallest absolute Gasteiger partial charge is 0.282 e. The fourth-order valence-corrected chi connectivity index (χ4v) is 4.48. The van der Waals surface area contributed by atoms with Crippen LogP contribution in [0, 0.1) is 0 Å². The highest BCUT2D eigenvalue weighted by Gasteiger charge is 2.28. The lowest BCUT2D eigenvalue weighted by Gasteiger charge is -2.23. The quantitative estimate of drug-likeness (QED) is 0.783. The molecule has 1 N–H and O–H groups in total. The number of likely N-dealkylation sites (N-methyl/N-ethyl adjacent to an activating group) is 1. The highest BCUT2D eigenvalue weighted by molar-refractivity contribution is 7.18. The molecule has 0 radical (unpaired) electrons. The van der Waals surface area contributed by atoms with Crippen molar-refractivity contribution in [1.29, 1.82) is 0 Å². The first kappa shape index (κ1) is 16.2. The number of thiazole rings is 1. The minimum Gasteiger partial charge on any atom is -0.322 e. The van der Waals surface area contributed by atoms with Gasteiger partial charge in [0.05, 0.1) is 17.3 Å². The van der Waals surface area contributed by atoms with Crippen LogP contribution in [0.5, 0.6) is 0 Å². The summed E-state index contributed by atoms with van der Waals surface area (Å²) in [5, 5.41) is 1.09. The molecule has 2 heterocycles. The van der Waals surface area contributed by atoms with Crippen LogP contribution >= 0.6 is 11.3 Å². The molecule has 25 heavy (non-hydrogen) atoms. The maximum atomic E-state index is 12.8. The summed E-state index contributed by atoms with van der Waals surface area (Å²) in [5.74, 6) is 0.190. The van der Waals surface area contributed by atoms with Crippen LogP contribution in [0.25, 0.3) is 10.2 Å². The van der Waals surface area contributed by atoms with Crippen LogP contribution in [0.2, 0.25) is 0 Å². The van der Waals surface area contributed by atoms with Crippen LogP contribution in [0.3, 0.4) is 0 Å². The number of quaternary nitrogens is 1. The van der Waals surface area contributed by atoms with E-state index in [0.717, 1.165) is 29.2 Å². The number of nitrogens with zero attached hydrogens (tertiary/aromatic N) is 2. The molecule has 2 aromatic carbocycles. The van der Waals surface area contributed by atoms with Crippen molar-refractivity contribution in [1.82, 2.24) is 4.98 Å². The van der Waals surface area contributed by atoms with Crippen molar-refractivity contribution in [3.05, 3.63) is 59.1 Å². The van der Waals surface area contributed by atoms with Gasteiger partial charge in [-0.05, 0) is 37.1 Å². The molecule has 0 saturated carbocycles. The Morgan fingerprint density at radius 3 is 2.84 bits per heavy atom. The summed E-state index contributed by atoms with van der Waals surface area (Å²) in [5.41, 5.74) is 3.39. The average Bonchev–Trinajstić information content (AvgIpc) is 3.24. The maximum Gasteiger partial charge on any atom is 0.282 e. The van der Waals surface area contributed by atoms with E-state index >= 15 is 0 Å². The molecule has 3 aromatic rings. The second-order valence-corrected chi connectivity index (χ2v) is 7.75. The third-order valence-electron chi connectivity index (χ3n) is 5.04. The monoisotopic (exact) mass is 352 g/mol. The molecule has 0 bridgehead atoms. The Bertz CT molecular complexity index is 887. The molecule has 0 fully saturated rings. The van der Waals surface area contributed by atoms with Crippen LogP contribution in [0.4, 0.5) is 5.69 Å². The van der Waals surface area contributed by atoms with Gasteiger partial charge in [-0.3, -0.25) is 4.79 Å². The molecule has 2 atom stereocenters. The Labute approximate surface area is 151 Å². The molecule has 4 nitrogen and oxygen atoms in total. The predicted octanol–water partition coefficient (Wildman–Crippen LogP) is 2.46. The number of hydrogen-bond donors (Lipinski definition) is 1.